The van der Waals surface area contributed by atoms with Crippen LogP contribution in [0, 0.1) is 0 Å². The van der Waals surface area contributed by atoms with E-state index in [2.05, 4.69) is 10.7 Å². The minimum absolute atomic E-state index is 0.335. The number of phenols is 2. The lowest BCUT2D eigenvalue weighted by molar-refractivity contribution is 0.0648. The van der Waals surface area contributed by atoms with Crippen molar-refractivity contribution in [2.45, 2.75) is 24.2 Å². The minimum atomic E-state index is -4.62. The zero-order valence-corrected chi connectivity index (χ0v) is 13.8. The zero-order chi connectivity index (χ0) is 17.7. The van der Waals surface area contributed by atoms with Gasteiger partial charge in [0.2, 0.25) is 0 Å². The summed E-state index contributed by atoms with van der Waals surface area (Å²) in [6.45, 7) is 2.49. The van der Waals surface area contributed by atoms with Crippen LogP contribution in [0.4, 0.5) is 0 Å². The number of hydrogen-bond donors (Lipinski definition) is 5. The molecule has 0 aromatic heterocycles. The van der Waals surface area contributed by atoms with E-state index in [9.17, 15) is 23.4 Å². The molecule has 0 radical (unpaired) electrons. The Balaban J connectivity index is 2.30. The summed E-state index contributed by atoms with van der Waals surface area (Å²) in [7, 11) is -4.62. The van der Waals surface area contributed by atoms with Crippen LogP contribution in [-0.4, -0.2) is 60.3 Å². The third kappa shape index (κ3) is 4.57. The standard InChI is InChI=1S/C14H21N3O6S/c18-12-9-10(24(21,22)23)8-11(13(12)19)14(20)17-7-3-5-15-4-1-2-6-16-17/h8-9,15-16,18-19H,1-7H2,(H,21,22,23). The van der Waals surface area contributed by atoms with Gasteiger partial charge in [-0.25, -0.2) is 5.43 Å². The molecule has 0 spiro atoms. The lowest BCUT2D eigenvalue weighted by Gasteiger charge is -2.25. The van der Waals surface area contributed by atoms with Crippen molar-refractivity contribution in [2.24, 2.45) is 0 Å². The maximum Gasteiger partial charge on any atom is 0.294 e. The molecule has 1 saturated heterocycles. The number of nitrogens with one attached hydrogen (secondary N) is 2. The fourth-order valence-electron chi connectivity index (χ4n) is 2.38. The molecule has 10 heteroatoms. The monoisotopic (exact) mass is 359 g/mol. The van der Waals surface area contributed by atoms with Crippen LogP contribution in [0.15, 0.2) is 17.0 Å². The Morgan fingerprint density at radius 2 is 1.75 bits per heavy atom. The van der Waals surface area contributed by atoms with Gasteiger partial charge in [0.15, 0.2) is 11.5 Å². The zero-order valence-electron chi connectivity index (χ0n) is 13.0. The average molecular weight is 359 g/mol. The first-order valence-electron chi connectivity index (χ1n) is 7.60. The van der Waals surface area contributed by atoms with Crippen LogP contribution in [0.3, 0.4) is 0 Å². The number of carbonyl (C=O) groups excluding carboxylic acids is 1. The van der Waals surface area contributed by atoms with Gasteiger partial charge >= 0.3 is 0 Å². The van der Waals surface area contributed by atoms with Crippen LogP contribution >= 0.6 is 0 Å². The molecule has 1 fully saturated rings. The van der Waals surface area contributed by atoms with E-state index in [1.807, 2.05) is 0 Å². The van der Waals surface area contributed by atoms with Crippen LogP contribution in [0.1, 0.15) is 29.6 Å². The molecular formula is C14H21N3O6S. The lowest BCUT2D eigenvalue weighted by Crippen LogP contribution is -2.45. The molecule has 1 aliphatic heterocycles. The van der Waals surface area contributed by atoms with Crippen molar-refractivity contribution >= 4 is 16.0 Å². The third-order valence-electron chi connectivity index (χ3n) is 3.66. The number of amides is 1. The van der Waals surface area contributed by atoms with Crippen LogP contribution in [0.2, 0.25) is 0 Å². The highest BCUT2D eigenvalue weighted by Gasteiger charge is 2.24. The van der Waals surface area contributed by atoms with Crippen molar-refractivity contribution in [2.75, 3.05) is 26.2 Å². The summed E-state index contributed by atoms with van der Waals surface area (Å²) in [6.07, 6.45) is 2.43. The van der Waals surface area contributed by atoms with Crippen LogP contribution < -0.4 is 10.7 Å². The van der Waals surface area contributed by atoms with Gasteiger partial charge in [-0.3, -0.25) is 14.4 Å². The number of hydrazine groups is 1. The van der Waals surface area contributed by atoms with Gasteiger partial charge in [0.25, 0.3) is 16.0 Å². The molecule has 24 heavy (non-hydrogen) atoms. The molecule has 0 unspecified atom stereocenters. The normalized spacial score (nSPS) is 17.5. The largest absolute Gasteiger partial charge is 0.504 e. The first-order valence-corrected chi connectivity index (χ1v) is 9.04. The Kier molecular flexibility index (Phi) is 5.99. The lowest BCUT2D eigenvalue weighted by atomic mass is 10.1. The summed E-state index contributed by atoms with van der Waals surface area (Å²) in [5, 5.41) is 24.1. The fourth-order valence-corrected chi connectivity index (χ4v) is 2.91. The number of nitrogens with zero attached hydrogens (tertiary/aromatic N) is 1. The number of rotatable bonds is 2. The first-order chi connectivity index (χ1) is 11.3. The molecule has 1 amide bonds. The van der Waals surface area contributed by atoms with Gasteiger partial charge in [-0.05, 0) is 38.4 Å². The summed E-state index contributed by atoms with van der Waals surface area (Å²) < 4.78 is 31.6. The van der Waals surface area contributed by atoms with Crippen LogP contribution in [-0.2, 0) is 10.1 Å². The second-order valence-electron chi connectivity index (χ2n) is 5.49. The van der Waals surface area contributed by atoms with Crippen molar-refractivity contribution in [1.82, 2.24) is 15.8 Å². The van der Waals surface area contributed by atoms with Gasteiger partial charge in [0.05, 0.1) is 10.5 Å². The summed E-state index contributed by atoms with van der Waals surface area (Å²) in [6, 6.07) is 1.52. The second-order valence-corrected chi connectivity index (χ2v) is 6.91. The van der Waals surface area contributed by atoms with E-state index >= 15 is 0 Å². The smallest absolute Gasteiger partial charge is 0.294 e. The number of carbonyl (C=O) groups is 1. The van der Waals surface area contributed by atoms with Gasteiger partial charge in [-0.2, -0.15) is 8.42 Å². The molecule has 1 aromatic rings. The predicted octanol–water partition coefficient (Wildman–Crippen LogP) is 0.0648. The SMILES string of the molecule is O=C(c1cc(S(=O)(=O)O)cc(O)c1O)N1CCCNCCCCN1. The molecule has 9 nitrogen and oxygen atoms in total. The highest BCUT2D eigenvalue weighted by Crippen LogP contribution is 2.32. The summed E-state index contributed by atoms with van der Waals surface area (Å²) in [5.41, 5.74) is 2.54. The maximum atomic E-state index is 12.6. The number of phenolic OH excluding ortho intramolecular Hbond substituents is 2. The molecule has 0 saturated carbocycles. The van der Waals surface area contributed by atoms with Crippen molar-refractivity contribution < 1.29 is 28.0 Å². The third-order valence-corrected chi connectivity index (χ3v) is 4.49. The van der Waals surface area contributed by atoms with Gasteiger partial charge in [-0.15, -0.1) is 0 Å². The summed E-state index contributed by atoms with van der Waals surface area (Å²) in [5.74, 6) is -2.21. The number of benzene rings is 1. The van der Waals surface area contributed by atoms with E-state index in [1.54, 1.807) is 0 Å². The fraction of sp³-hybridized carbons (Fsp3) is 0.500. The van der Waals surface area contributed by atoms with Crippen molar-refractivity contribution in [3.8, 4) is 11.5 Å². The second kappa shape index (κ2) is 7.79. The first kappa shape index (κ1) is 18.5. The van der Waals surface area contributed by atoms with E-state index in [0.717, 1.165) is 25.5 Å². The van der Waals surface area contributed by atoms with E-state index in [0.29, 0.717) is 32.1 Å². The van der Waals surface area contributed by atoms with E-state index < -0.39 is 38.0 Å². The average Bonchev–Trinajstić information content (AvgIpc) is 2.53. The van der Waals surface area contributed by atoms with Gasteiger partial charge in [-0.1, -0.05) is 0 Å². The van der Waals surface area contributed by atoms with Gasteiger partial charge in [0.1, 0.15) is 0 Å². The van der Waals surface area contributed by atoms with E-state index in [4.69, 9.17) is 4.55 Å². The van der Waals surface area contributed by atoms with Crippen molar-refractivity contribution in [1.29, 1.82) is 0 Å². The molecular weight excluding hydrogens is 338 g/mol. The molecule has 0 bridgehead atoms. The minimum Gasteiger partial charge on any atom is -0.504 e. The molecule has 1 heterocycles. The number of hydrogen-bond acceptors (Lipinski definition) is 7. The van der Waals surface area contributed by atoms with Gasteiger partial charge in [0, 0.05) is 19.2 Å². The maximum absolute atomic E-state index is 12.6. The highest BCUT2D eigenvalue weighted by molar-refractivity contribution is 7.85. The Hall–Kier alpha value is -1.88. The molecule has 1 aliphatic rings. The molecule has 2 rings (SSSR count). The van der Waals surface area contributed by atoms with Crippen molar-refractivity contribution in [3.05, 3.63) is 17.7 Å². The van der Waals surface area contributed by atoms with E-state index in [1.165, 1.54) is 5.01 Å². The molecule has 1 aromatic carbocycles. The van der Waals surface area contributed by atoms with Crippen LogP contribution in [0.25, 0.3) is 0 Å². The predicted molar refractivity (Wildman–Crippen MR) is 85.3 cm³/mol. The summed E-state index contributed by atoms with van der Waals surface area (Å²) in [4.78, 5) is 11.9. The molecule has 5 N–H and O–H groups in total. The topological polar surface area (TPSA) is 139 Å². The van der Waals surface area contributed by atoms with E-state index in [-0.39, 0.29) is 0 Å². The molecule has 134 valence electrons. The highest BCUT2D eigenvalue weighted by atomic mass is 32.2. The quantitative estimate of drug-likeness (QED) is 0.369. The van der Waals surface area contributed by atoms with Crippen molar-refractivity contribution in [3.63, 3.8) is 0 Å². The molecule has 0 aliphatic carbocycles. The van der Waals surface area contributed by atoms with Gasteiger partial charge < -0.3 is 15.5 Å². The Morgan fingerprint density at radius 3 is 2.46 bits per heavy atom. The Labute approximate surface area is 140 Å². The summed E-state index contributed by atoms with van der Waals surface area (Å²) >= 11 is 0. The Morgan fingerprint density at radius 1 is 1.08 bits per heavy atom. The molecule has 0 atom stereocenters. The van der Waals surface area contributed by atoms with Crippen LogP contribution in [0.5, 0.6) is 11.5 Å². The Bertz CT molecular complexity index is 697. The number of aromatic hydroxyl groups is 2.